The Balaban J connectivity index is 2.06. The highest BCUT2D eigenvalue weighted by Gasteiger charge is 2.19. The Kier molecular flexibility index (Phi) is 17.1. The van der Waals surface area contributed by atoms with E-state index in [4.69, 9.17) is 11.1 Å². The molecule has 0 saturated heterocycles. The van der Waals surface area contributed by atoms with Crippen molar-refractivity contribution in [2.75, 3.05) is 5.32 Å². The van der Waals surface area contributed by atoms with Gasteiger partial charge in [0.2, 0.25) is 0 Å². The molecule has 0 radical (unpaired) electrons. The van der Waals surface area contributed by atoms with Crippen molar-refractivity contribution >= 4 is 17.6 Å². The van der Waals surface area contributed by atoms with Gasteiger partial charge in [-0.1, -0.05) is 128 Å². The van der Waals surface area contributed by atoms with E-state index in [1.165, 1.54) is 89.9 Å². The van der Waals surface area contributed by atoms with Crippen molar-refractivity contribution in [1.82, 2.24) is 0 Å². The number of carboxylic acid groups (broad SMARTS) is 1. The van der Waals surface area contributed by atoms with Gasteiger partial charge in [0.05, 0.1) is 5.92 Å². The van der Waals surface area contributed by atoms with Gasteiger partial charge in [-0.2, -0.15) is 0 Å². The molecule has 188 valence electrons. The minimum atomic E-state index is -0.742. The van der Waals surface area contributed by atoms with Crippen LogP contribution in [0, 0.1) is 11.3 Å². The van der Waals surface area contributed by atoms with E-state index in [-0.39, 0.29) is 5.96 Å². The second-order valence-electron chi connectivity index (χ2n) is 9.53. The number of rotatable bonds is 21. The second-order valence-corrected chi connectivity index (χ2v) is 9.53. The van der Waals surface area contributed by atoms with E-state index in [9.17, 15) is 9.90 Å². The van der Waals surface area contributed by atoms with E-state index in [1.54, 1.807) is 0 Å². The molecule has 0 saturated carbocycles. The summed E-state index contributed by atoms with van der Waals surface area (Å²) in [6.07, 6.45) is 22.3. The van der Waals surface area contributed by atoms with Crippen LogP contribution in [-0.4, -0.2) is 17.0 Å². The van der Waals surface area contributed by atoms with Crippen molar-refractivity contribution < 1.29 is 9.90 Å². The van der Waals surface area contributed by atoms with Gasteiger partial charge in [0.15, 0.2) is 5.96 Å². The van der Waals surface area contributed by atoms with Gasteiger partial charge in [-0.25, -0.2) is 0 Å². The molecule has 0 amide bonds. The fourth-order valence-electron chi connectivity index (χ4n) is 4.48. The third-order valence-corrected chi connectivity index (χ3v) is 6.51. The molecular formula is C28H49N3O2. The lowest BCUT2D eigenvalue weighted by Crippen LogP contribution is -2.22. The number of anilines is 1. The number of unbranched alkanes of at least 4 members (excludes halogenated alkanes) is 15. The molecule has 0 aliphatic rings. The summed E-state index contributed by atoms with van der Waals surface area (Å²) in [4.78, 5) is 11.7. The molecule has 0 bridgehead atoms. The van der Waals surface area contributed by atoms with Gasteiger partial charge >= 0.3 is 5.97 Å². The first kappa shape index (κ1) is 29.0. The third-order valence-electron chi connectivity index (χ3n) is 6.51. The summed E-state index contributed by atoms with van der Waals surface area (Å²) >= 11 is 0. The molecule has 5 nitrogen and oxygen atoms in total. The third kappa shape index (κ3) is 15.4. The first-order chi connectivity index (χ1) is 16.0. The second kappa shape index (κ2) is 19.4. The zero-order valence-corrected chi connectivity index (χ0v) is 21.0. The minimum absolute atomic E-state index is 0.132. The largest absolute Gasteiger partial charge is 0.481 e. The summed E-state index contributed by atoms with van der Waals surface area (Å²) in [6, 6.07) is 7.51. The van der Waals surface area contributed by atoms with Gasteiger partial charge in [-0.15, -0.1) is 0 Å². The molecule has 5 heteroatoms. The Bertz CT molecular complexity index is 648. The summed E-state index contributed by atoms with van der Waals surface area (Å²) in [7, 11) is 0. The van der Waals surface area contributed by atoms with Crippen LogP contribution in [0.25, 0.3) is 0 Å². The van der Waals surface area contributed by atoms with Crippen molar-refractivity contribution in [2.24, 2.45) is 11.7 Å². The average molecular weight is 460 g/mol. The van der Waals surface area contributed by atoms with Gasteiger partial charge in [-0.05, 0) is 24.5 Å². The molecule has 1 atom stereocenters. The highest BCUT2D eigenvalue weighted by Crippen LogP contribution is 2.23. The number of hydrogen-bond donors (Lipinski definition) is 4. The smallest absolute Gasteiger partial charge is 0.306 e. The van der Waals surface area contributed by atoms with E-state index < -0.39 is 11.9 Å². The number of aliphatic carboxylic acids is 1. The molecule has 1 aromatic rings. The monoisotopic (exact) mass is 459 g/mol. The summed E-state index contributed by atoms with van der Waals surface area (Å²) in [6.45, 7) is 2.27. The van der Waals surface area contributed by atoms with Crippen LogP contribution in [0.4, 0.5) is 5.69 Å². The van der Waals surface area contributed by atoms with E-state index in [0.29, 0.717) is 12.8 Å². The number of nitrogens with two attached hydrogens (primary N) is 1. The van der Waals surface area contributed by atoms with Crippen LogP contribution in [0.15, 0.2) is 24.3 Å². The molecular weight excluding hydrogens is 410 g/mol. The quantitative estimate of drug-likeness (QED) is 0.0853. The van der Waals surface area contributed by atoms with Crippen LogP contribution in [0.1, 0.15) is 122 Å². The summed E-state index contributed by atoms with van der Waals surface area (Å²) in [5, 5.41) is 19.9. The number of nitrogens with one attached hydrogen (secondary N) is 2. The van der Waals surface area contributed by atoms with Crippen LogP contribution < -0.4 is 11.1 Å². The molecule has 1 unspecified atom stereocenters. The molecule has 1 rings (SSSR count). The normalized spacial score (nSPS) is 11.9. The molecule has 0 aliphatic heterocycles. The Morgan fingerprint density at radius 2 is 1.30 bits per heavy atom. The molecule has 5 N–H and O–H groups in total. The number of carboxylic acids is 1. The molecule has 33 heavy (non-hydrogen) atoms. The van der Waals surface area contributed by atoms with Crippen molar-refractivity contribution in [1.29, 1.82) is 5.41 Å². The highest BCUT2D eigenvalue weighted by atomic mass is 16.4. The van der Waals surface area contributed by atoms with Crippen LogP contribution in [0.3, 0.4) is 0 Å². The Morgan fingerprint density at radius 1 is 0.848 bits per heavy atom. The summed E-state index contributed by atoms with van der Waals surface area (Å²) < 4.78 is 0. The highest BCUT2D eigenvalue weighted by molar-refractivity contribution is 5.90. The zero-order valence-electron chi connectivity index (χ0n) is 21.0. The van der Waals surface area contributed by atoms with Gasteiger partial charge in [0.25, 0.3) is 0 Å². The molecule has 1 aromatic carbocycles. The fraction of sp³-hybridized carbons (Fsp3) is 0.714. The Morgan fingerprint density at radius 3 is 1.76 bits per heavy atom. The molecule has 0 aliphatic carbocycles. The molecule has 0 spiro atoms. The maximum atomic E-state index is 11.7. The first-order valence-electron chi connectivity index (χ1n) is 13.5. The first-order valence-corrected chi connectivity index (χ1v) is 13.5. The van der Waals surface area contributed by atoms with Crippen LogP contribution in [0.2, 0.25) is 0 Å². The lowest BCUT2D eigenvalue weighted by atomic mass is 9.92. The van der Waals surface area contributed by atoms with Crippen LogP contribution >= 0.6 is 0 Å². The average Bonchev–Trinajstić information content (AvgIpc) is 2.78. The number of carbonyl (C=O) groups is 1. The number of guanidine groups is 1. The standard InChI is InChI=1S/C28H49N3O2/c1-2-3-4-5-6-7-8-9-10-11-12-13-14-15-16-17-21-25(27(32)33)23-24-20-18-19-22-26(24)31-28(29)30/h18-20,22,25H,2-17,21,23H2,1H3,(H,32,33)(H4,29,30,31). The lowest BCUT2D eigenvalue weighted by molar-refractivity contribution is -0.142. The molecule has 0 heterocycles. The maximum absolute atomic E-state index is 11.7. The molecule has 0 fully saturated rings. The van der Waals surface area contributed by atoms with Gasteiger partial charge in [0.1, 0.15) is 0 Å². The zero-order chi connectivity index (χ0) is 24.2. The molecule has 0 aromatic heterocycles. The number of benzene rings is 1. The van der Waals surface area contributed by atoms with Crippen molar-refractivity contribution in [3.8, 4) is 0 Å². The van der Waals surface area contributed by atoms with Gasteiger partial charge in [0, 0.05) is 5.69 Å². The topological polar surface area (TPSA) is 99.2 Å². The number of hydrogen-bond acceptors (Lipinski definition) is 2. The lowest BCUT2D eigenvalue weighted by Gasteiger charge is -2.16. The number of para-hydroxylation sites is 1. The predicted octanol–water partition coefficient (Wildman–Crippen LogP) is 7.89. The van der Waals surface area contributed by atoms with Gasteiger partial charge in [-0.3, -0.25) is 10.2 Å². The van der Waals surface area contributed by atoms with Crippen molar-refractivity contribution in [3.05, 3.63) is 29.8 Å². The van der Waals surface area contributed by atoms with E-state index in [1.807, 2.05) is 24.3 Å². The Labute approximate surface area is 202 Å². The van der Waals surface area contributed by atoms with E-state index in [0.717, 1.165) is 24.1 Å². The summed E-state index contributed by atoms with van der Waals surface area (Å²) in [5.74, 6) is -1.27. The fourth-order valence-corrected chi connectivity index (χ4v) is 4.48. The van der Waals surface area contributed by atoms with Crippen molar-refractivity contribution in [3.63, 3.8) is 0 Å². The Hall–Kier alpha value is -2.04. The van der Waals surface area contributed by atoms with Crippen LogP contribution in [-0.2, 0) is 11.2 Å². The van der Waals surface area contributed by atoms with Crippen molar-refractivity contribution in [2.45, 2.75) is 122 Å². The van der Waals surface area contributed by atoms with Crippen LogP contribution in [0.5, 0.6) is 0 Å². The SMILES string of the molecule is CCCCCCCCCCCCCCCCCCC(Cc1ccccc1NC(=N)N)C(=O)O. The maximum Gasteiger partial charge on any atom is 0.306 e. The van der Waals surface area contributed by atoms with E-state index in [2.05, 4.69) is 12.2 Å². The summed E-state index contributed by atoms with van der Waals surface area (Å²) in [5.41, 5.74) is 7.07. The minimum Gasteiger partial charge on any atom is -0.481 e. The van der Waals surface area contributed by atoms with E-state index >= 15 is 0 Å². The predicted molar refractivity (Wildman–Crippen MR) is 141 cm³/mol. The van der Waals surface area contributed by atoms with Gasteiger partial charge < -0.3 is 16.2 Å².